The Morgan fingerprint density at radius 3 is 2.29 bits per heavy atom. The molecule has 0 N–H and O–H groups in total. The van der Waals surface area contributed by atoms with E-state index in [4.69, 9.17) is 9.47 Å². The van der Waals surface area contributed by atoms with Crippen LogP contribution in [0, 0.1) is 5.92 Å². The SMILES string of the molecule is CC(C=O)CCCCCCCCC1OCCO1. The Kier molecular flexibility index (Phi) is 8.28. The normalized spacial score (nSPS) is 18.4. The molecular formula is C14H26O3. The molecule has 1 rings (SSSR count). The van der Waals surface area contributed by atoms with E-state index in [2.05, 4.69) is 0 Å². The topological polar surface area (TPSA) is 35.5 Å². The molecule has 0 spiro atoms. The van der Waals surface area contributed by atoms with E-state index in [1.54, 1.807) is 0 Å². The molecule has 1 aliphatic rings. The van der Waals surface area contributed by atoms with E-state index in [-0.39, 0.29) is 12.2 Å². The molecular weight excluding hydrogens is 216 g/mol. The van der Waals surface area contributed by atoms with Gasteiger partial charge in [-0.05, 0) is 19.3 Å². The number of hydrogen-bond acceptors (Lipinski definition) is 3. The number of unbranched alkanes of at least 4 members (excludes halogenated alkanes) is 5. The monoisotopic (exact) mass is 242 g/mol. The van der Waals surface area contributed by atoms with Gasteiger partial charge in [0, 0.05) is 5.92 Å². The molecule has 1 heterocycles. The second-order valence-electron chi connectivity index (χ2n) is 4.98. The van der Waals surface area contributed by atoms with Crippen molar-refractivity contribution in [2.75, 3.05) is 13.2 Å². The minimum absolute atomic E-state index is 0.0726. The number of carbonyl (C=O) groups is 1. The highest BCUT2D eigenvalue weighted by Crippen LogP contribution is 2.15. The van der Waals surface area contributed by atoms with E-state index in [9.17, 15) is 4.79 Å². The summed E-state index contributed by atoms with van der Waals surface area (Å²) < 4.78 is 10.8. The molecule has 0 bridgehead atoms. The number of rotatable bonds is 10. The average Bonchev–Trinajstić information content (AvgIpc) is 2.85. The van der Waals surface area contributed by atoms with E-state index in [0.29, 0.717) is 0 Å². The highest BCUT2D eigenvalue weighted by molar-refractivity contribution is 5.52. The molecule has 1 aliphatic heterocycles. The van der Waals surface area contributed by atoms with Gasteiger partial charge in [0.2, 0.25) is 0 Å². The molecule has 0 aromatic heterocycles. The Morgan fingerprint density at radius 2 is 1.65 bits per heavy atom. The van der Waals surface area contributed by atoms with E-state index >= 15 is 0 Å². The van der Waals surface area contributed by atoms with Crippen molar-refractivity contribution in [2.45, 2.75) is 64.6 Å². The molecule has 100 valence electrons. The first-order valence-electron chi connectivity index (χ1n) is 7.01. The van der Waals surface area contributed by atoms with Gasteiger partial charge in [-0.15, -0.1) is 0 Å². The summed E-state index contributed by atoms with van der Waals surface area (Å²) in [7, 11) is 0. The van der Waals surface area contributed by atoms with Crippen LogP contribution in [0.2, 0.25) is 0 Å². The van der Waals surface area contributed by atoms with Crippen molar-refractivity contribution in [3.05, 3.63) is 0 Å². The first kappa shape index (κ1) is 14.7. The lowest BCUT2D eigenvalue weighted by molar-refractivity contribution is -0.110. The quantitative estimate of drug-likeness (QED) is 0.435. The second-order valence-corrected chi connectivity index (χ2v) is 4.98. The van der Waals surface area contributed by atoms with Crippen molar-refractivity contribution in [2.24, 2.45) is 5.92 Å². The average molecular weight is 242 g/mol. The van der Waals surface area contributed by atoms with E-state index in [1.165, 1.54) is 38.5 Å². The van der Waals surface area contributed by atoms with Crippen LogP contribution in [0.3, 0.4) is 0 Å². The van der Waals surface area contributed by atoms with E-state index < -0.39 is 0 Å². The summed E-state index contributed by atoms with van der Waals surface area (Å²) in [5, 5.41) is 0. The maximum atomic E-state index is 10.4. The zero-order valence-electron chi connectivity index (χ0n) is 11.0. The molecule has 0 radical (unpaired) electrons. The number of aldehydes is 1. The van der Waals surface area contributed by atoms with E-state index in [0.717, 1.165) is 32.3 Å². The van der Waals surface area contributed by atoms with Crippen LogP contribution in [-0.4, -0.2) is 25.8 Å². The van der Waals surface area contributed by atoms with Crippen molar-refractivity contribution in [3.8, 4) is 0 Å². The van der Waals surface area contributed by atoms with Crippen LogP contribution in [0.5, 0.6) is 0 Å². The van der Waals surface area contributed by atoms with Gasteiger partial charge in [-0.3, -0.25) is 0 Å². The second kappa shape index (κ2) is 9.60. The third-order valence-electron chi connectivity index (χ3n) is 3.27. The lowest BCUT2D eigenvalue weighted by atomic mass is 10.0. The third-order valence-corrected chi connectivity index (χ3v) is 3.27. The van der Waals surface area contributed by atoms with Crippen molar-refractivity contribution in [1.82, 2.24) is 0 Å². The van der Waals surface area contributed by atoms with Crippen LogP contribution in [0.1, 0.15) is 58.3 Å². The van der Waals surface area contributed by atoms with E-state index in [1.807, 2.05) is 6.92 Å². The lowest BCUT2D eigenvalue weighted by Gasteiger charge is -2.08. The standard InChI is InChI=1S/C14H26O3/c1-13(12-15)8-6-4-2-3-5-7-9-14-16-10-11-17-14/h12-14H,2-11H2,1H3. The fourth-order valence-corrected chi connectivity index (χ4v) is 2.13. The Labute approximate surface area is 105 Å². The largest absolute Gasteiger partial charge is 0.350 e. The van der Waals surface area contributed by atoms with Crippen LogP contribution in [0.4, 0.5) is 0 Å². The molecule has 1 saturated heterocycles. The molecule has 1 atom stereocenters. The van der Waals surface area contributed by atoms with Gasteiger partial charge in [-0.2, -0.15) is 0 Å². The molecule has 0 aliphatic carbocycles. The van der Waals surface area contributed by atoms with Gasteiger partial charge in [-0.1, -0.05) is 39.0 Å². The van der Waals surface area contributed by atoms with Crippen molar-refractivity contribution in [1.29, 1.82) is 0 Å². The summed E-state index contributed by atoms with van der Waals surface area (Å²) in [5.74, 6) is 0.242. The Balaban J connectivity index is 1.76. The predicted octanol–water partition coefficient (Wildman–Crippen LogP) is 3.32. The summed E-state index contributed by atoms with van der Waals surface area (Å²) in [6.07, 6.45) is 10.7. The van der Waals surface area contributed by atoms with Gasteiger partial charge >= 0.3 is 0 Å². The van der Waals surface area contributed by atoms with Crippen molar-refractivity contribution < 1.29 is 14.3 Å². The van der Waals surface area contributed by atoms with Crippen LogP contribution in [-0.2, 0) is 14.3 Å². The highest BCUT2D eigenvalue weighted by atomic mass is 16.7. The van der Waals surface area contributed by atoms with Gasteiger partial charge < -0.3 is 14.3 Å². The third kappa shape index (κ3) is 7.50. The molecule has 0 saturated carbocycles. The molecule has 0 aromatic rings. The summed E-state index contributed by atoms with van der Waals surface area (Å²) in [5.41, 5.74) is 0. The summed E-state index contributed by atoms with van der Waals surface area (Å²) >= 11 is 0. The molecule has 0 amide bonds. The summed E-state index contributed by atoms with van der Waals surface area (Å²) in [6, 6.07) is 0. The number of hydrogen-bond donors (Lipinski definition) is 0. The first-order valence-corrected chi connectivity index (χ1v) is 7.01. The summed E-state index contributed by atoms with van der Waals surface area (Å²) in [6.45, 7) is 3.52. The summed E-state index contributed by atoms with van der Waals surface area (Å²) in [4.78, 5) is 10.4. The van der Waals surface area contributed by atoms with Gasteiger partial charge in [0.1, 0.15) is 6.29 Å². The Hall–Kier alpha value is -0.410. The number of ether oxygens (including phenoxy) is 2. The minimum Gasteiger partial charge on any atom is -0.350 e. The first-order chi connectivity index (χ1) is 8.33. The number of carbonyl (C=O) groups excluding carboxylic acids is 1. The van der Waals surface area contributed by atoms with Gasteiger partial charge in [0.15, 0.2) is 6.29 Å². The van der Waals surface area contributed by atoms with Gasteiger partial charge in [0.05, 0.1) is 13.2 Å². The smallest absolute Gasteiger partial charge is 0.157 e. The molecule has 3 heteroatoms. The van der Waals surface area contributed by atoms with Crippen LogP contribution in [0.25, 0.3) is 0 Å². The van der Waals surface area contributed by atoms with Gasteiger partial charge in [0.25, 0.3) is 0 Å². The maximum Gasteiger partial charge on any atom is 0.157 e. The van der Waals surface area contributed by atoms with Crippen LogP contribution >= 0.6 is 0 Å². The minimum atomic E-state index is 0.0726. The lowest BCUT2D eigenvalue weighted by Crippen LogP contribution is -2.06. The zero-order valence-corrected chi connectivity index (χ0v) is 11.0. The van der Waals surface area contributed by atoms with Crippen molar-refractivity contribution in [3.63, 3.8) is 0 Å². The fourth-order valence-electron chi connectivity index (χ4n) is 2.13. The molecule has 1 fully saturated rings. The van der Waals surface area contributed by atoms with Gasteiger partial charge in [-0.25, -0.2) is 0 Å². The Morgan fingerprint density at radius 1 is 1.06 bits per heavy atom. The highest BCUT2D eigenvalue weighted by Gasteiger charge is 2.14. The predicted molar refractivity (Wildman–Crippen MR) is 67.9 cm³/mol. The molecule has 17 heavy (non-hydrogen) atoms. The maximum absolute atomic E-state index is 10.4. The molecule has 3 nitrogen and oxygen atoms in total. The zero-order chi connectivity index (χ0) is 12.3. The Bertz CT molecular complexity index is 188. The fraction of sp³-hybridized carbons (Fsp3) is 0.929. The molecule has 1 unspecified atom stereocenters. The van der Waals surface area contributed by atoms with Crippen molar-refractivity contribution >= 4 is 6.29 Å². The van der Waals surface area contributed by atoms with Crippen LogP contribution in [0.15, 0.2) is 0 Å². The van der Waals surface area contributed by atoms with Crippen LogP contribution < -0.4 is 0 Å². The molecule has 0 aromatic carbocycles.